The Hall–Kier alpha value is -0.570. The van der Waals surface area contributed by atoms with Gasteiger partial charge in [0.1, 0.15) is 0 Å². The minimum atomic E-state index is -0.444. The van der Waals surface area contributed by atoms with Crippen LogP contribution in [0, 0.1) is 6.92 Å². The first kappa shape index (κ1) is 7.43. The minimum Gasteiger partial charge on any atom is -0.368 e. The van der Waals surface area contributed by atoms with Crippen molar-refractivity contribution in [1.82, 2.24) is 5.32 Å². The molecule has 1 radical (unpaired) electrons. The van der Waals surface area contributed by atoms with E-state index in [1.807, 2.05) is 6.92 Å². The summed E-state index contributed by atoms with van der Waals surface area (Å²) in [4.78, 5) is 10.2. The molecule has 3 heteroatoms. The van der Waals surface area contributed by atoms with Crippen molar-refractivity contribution in [2.45, 2.75) is 13.0 Å². The largest absolute Gasteiger partial charge is 0.368 e. The van der Waals surface area contributed by atoms with E-state index in [2.05, 4.69) is 12.2 Å². The zero-order valence-corrected chi connectivity index (χ0v) is 4.98. The van der Waals surface area contributed by atoms with Gasteiger partial charge in [-0.25, -0.2) is 0 Å². The van der Waals surface area contributed by atoms with Crippen LogP contribution in [0.5, 0.6) is 0 Å². The number of carbonyl (C=O) groups is 1. The summed E-state index contributed by atoms with van der Waals surface area (Å²) in [6.45, 7) is 6.05. The van der Waals surface area contributed by atoms with E-state index >= 15 is 0 Å². The predicted molar refractivity (Wildman–Crippen MR) is 32.0 cm³/mol. The van der Waals surface area contributed by atoms with Gasteiger partial charge in [-0.05, 0) is 13.5 Å². The van der Waals surface area contributed by atoms with Crippen molar-refractivity contribution < 1.29 is 4.79 Å². The number of hydrogen-bond acceptors (Lipinski definition) is 2. The van der Waals surface area contributed by atoms with Crippen LogP contribution in [0.4, 0.5) is 0 Å². The number of primary amides is 1. The molecule has 8 heavy (non-hydrogen) atoms. The summed E-state index contributed by atoms with van der Waals surface area (Å²) in [6, 6.07) is -0.444. The molecular weight excluding hydrogens is 104 g/mol. The summed E-state index contributed by atoms with van der Waals surface area (Å²) in [5.41, 5.74) is 4.86. The molecule has 1 unspecified atom stereocenters. The Labute approximate surface area is 49.3 Å². The summed E-state index contributed by atoms with van der Waals surface area (Å²) in [5.74, 6) is -0.410. The van der Waals surface area contributed by atoms with Gasteiger partial charge in [0, 0.05) is 0 Å². The normalized spacial score (nSPS) is 13.2. The summed E-state index contributed by atoms with van der Waals surface area (Å²) in [5, 5.41) is 2.76. The number of nitrogens with two attached hydrogens (primary N) is 1. The molecule has 0 aromatic carbocycles. The fraction of sp³-hybridized carbons (Fsp3) is 0.600. The van der Waals surface area contributed by atoms with Crippen molar-refractivity contribution in [3.05, 3.63) is 6.92 Å². The van der Waals surface area contributed by atoms with E-state index in [4.69, 9.17) is 5.73 Å². The van der Waals surface area contributed by atoms with Gasteiger partial charge >= 0.3 is 0 Å². The molecule has 1 amide bonds. The first-order valence-electron chi connectivity index (χ1n) is 2.54. The molecule has 0 bridgehead atoms. The predicted octanol–water partition coefficient (Wildman–Crippen LogP) is -0.716. The second-order valence-corrected chi connectivity index (χ2v) is 1.51. The lowest BCUT2D eigenvalue weighted by molar-refractivity contribution is -0.119. The summed E-state index contributed by atoms with van der Waals surface area (Å²) < 4.78 is 0. The van der Waals surface area contributed by atoms with Gasteiger partial charge in [-0.2, -0.15) is 0 Å². The van der Waals surface area contributed by atoms with Crippen molar-refractivity contribution >= 4 is 5.91 Å². The fourth-order valence-electron chi connectivity index (χ4n) is 0.347. The number of carbonyl (C=O) groups excluding carboxylic acids is 1. The van der Waals surface area contributed by atoms with Crippen LogP contribution < -0.4 is 11.1 Å². The highest BCUT2D eigenvalue weighted by atomic mass is 16.1. The second-order valence-electron chi connectivity index (χ2n) is 1.51. The summed E-state index contributed by atoms with van der Waals surface area (Å²) in [7, 11) is 0. The second kappa shape index (κ2) is 3.43. The molecular formula is C5H11N2O. The van der Waals surface area contributed by atoms with Gasteiger partial charge in [0.05, 0.1) is 6.04 Å². The van der Waals surface area contributed by atoms with E-state index in [1.165, 1.54) is 0 Å². The van der Waals surface area contributed by atoms with E-state index in [-0.39, 0.29) is 0 Å². The zero-order chi connectivity index (χ0) is 6.57. The average molecular weight is 115 g/mol. The zero-order valence-electron chi connectivity index (χ0n) is 4.98. The van der Waals surface area contributed by atoms with Gasteiger partial charge < -0.3 is 11.1 Å². The molecule has 3 N–H and O–H groups in total. The standard InChI is InChI=1S/C5H11N2O/c1-3-7-4(2)5(6)8/h4,7H,2-3H2,1H3,(H2,6,8). The highest BCUT2D eigenvalue weighted by Crippen LogP contribution is 1.73. The molecule has 1 atom stereocenters. The van der Waals surface area contributed by atoms with Gasteiger partial charge in [0.2, 0.25) is 5.91 Å². The lowest BCUT2D eigenvalue weighted by atomic mass is 10.3. The van der Waals surface area contributed by atoms with Crippen molar-refractivity contribution in [2.75, 3.05) is 6.54 Å². The molecule has 0 aromatic heterocycles. The third kappa shape index (κ3) is 2.58. The van der Waals surface area contributed by atoms with Gasteiger partial charge in [-0.1, -0.05) is 6.92 Å². The lowest BCUT2D eigenvalue weighted by Crippen LogP contribution is -2.38. The highest BCUT2D eigenvalue weighted by Gasteiger charge is 2.03. The molecule has 0 aromatic rings. The highest BCUT2D eigenvalue weighted by molar-refractivity contribution is 5.80. The molecule has 0 heterocycles. The minimum absolute atomic E-state index is 0.410. The Bertz CT molecular complexity index is 82.5. The SMILES string of the molecule is [CH2]C(NCC)C(N)=O. The van der Waals surface area contributed by atoms with Gasteiger partial charge in [-0.15, -0.1) is 0 Å². The number of nitrogens with one attached hydrogen (secondary N) is 1. The molecule has 3 nitrogen and oxygen atoms in total. The lowest BCUT2D eigenvalue weighted by Gasteiger charge is -2.04. The Morgan fingerprint density at radius 2 is 2.50 bits per heavy atom. The van der Waals surface area contributed by atoms with Crippen LogP contribution in [0.25, 0.3) is 0 Å². The Morgan fingerprint density at radius 1 is 2.00 bits per heavy atom. The fourth-order valence-corrected chi connectivity index (χ4v) is 0.347. The molecule has 0 aliphatic heterocycles. The monoisotopic (exact) mass is 115 g/mol. The van der Waals surface area contributed by atoms with Gasteiger partial charge in [-0.3, -0.25) is 4.79 Å². The molecule has 47 valence electrons. The number of hydrogen-bond donors (Lipinski definition) is 2. The van der Waals surface area contributed by atoms with E-state index in [0.29, 0.717) is 0 Å². The Morgan fingerprint density at radius 3 is 2.62 bits per heavy atom. The molecule has 0 aliphatic carbocycles. The molecule has 0 saturated heterocycles. The molecule has 0 spiro atoms. The summed E-state index contributed by atoms with van der Waals surface area (Å²) >= 11 is 0. The van der Waals surface area contributed by atoms with E-state index in [0.717, 1.165) is 6.54 Å². The molecule has 0 saturated carbocycles. The van der Waals surface area contributed by atoms with Crippen molar-refractivity contribution in [3.8, 4) is 0 Å². The van der Waals surface area contributed by atoms with Crippen LogP contribution in [0.3, 0.4) is 0 Å². The quantitative estimate of drug-likeness (QED) is 0.510. The van der Waals surface area contributed by atoms with E-state index < -0.39 is 11.9 Å². The van der Waals surface area contributed by atoms with Crippen molar-refractivity contribution in [2.24, 2.45) is 5.73 Å². The van der Waals surface area contributed by atoms with Crippen molar-refractivity contribution in [3.63, 3.8) is 0 Å². The molecule has 0 aliphatic rings. The van der Waals surface area contributed by atoms with Gasteiger partial charge in [0.25, 0.3) is 0 Å². The Balaban J connectivity index is 3.32. The smallest absolute Gasteiger partial charge is 0.234 e. The molecule has 0 rings (SSSR count). The van der Waals surface area contributed by atoms with Crippen LogP contribution in [0.1, 0.15) is 6.92 Å². The number of rotatable bonds is 3. The third-order valence-corrected chi connectivity index (χ3v) is 0.794. The topological polar surface area (TPSA) is 55.1 Å². The number of likely N-dealkylation sites (N-methyl/N-ethyl adjacent to an activating group) is 1. The first-order chi connectivity index (χ1) is 3.68. The first-order valence-corrected chi connectivity index (χ1v) is 2.54. The van der Waals surface area contributed by atoms with Crippen LogP contribution >= 0.6 is 0 Å². The third-order valence-electron chi connectivity index (χ3n) is 0.794. The Kier molecular flexibility index (Phi) is 3.19. The van der Waals surface area contributed by atoms with Crippen LogP contribution in [0.15, 0.2) is 0 Å². The maximum absolute atomic E-state index is 10.2. The van der Waals surface area contributed by atoms with E-state index in [1.54, 1.807) is 0 Å². The maximum Gasteiger partial charge on any atom is 0.234 e. The van der Waals surface area contributed by atoms with Gasteiger partial charge in [0.15, 0.2) is 0 Å². The maximum atomic E-state index is 10.2. The van der Waals surface area contributed by atoms with Crippen LogP contribution in [-0.2, 0) is 4.79 Å². The average Bonchev–Trinajstić information content (AvgIpc) is 1.67. The van der Waals surface area contributed by atoms with Crippen molar-refractivity contribution in [1.29, 1.82) is 0 Å². The van der Waals surface area contributed by atoms with E-state index in [9.17, 15) is 4.79 Å². The van der Waals surface area contributed by atoms with Crippen LogP contribution in [0.2, 0.25) is 0 Å². The van der Waals surface area contributed by atoms with Crippen LogP contribution in [-0.4, -0.2) is 18.5 Å². The summed E-state index contributed by atoms with van der Waals surface area (Å²) in [6.07, 6.45) is 0. The molecule has 0 fully saturated rings. The number of amides is 1.